The molecule has 0 aliphatic rings. The summed E-state index contributed by atoms with van der Waals surface area (Å²) in [5, 5.41) is 13.1. The third kappa shape index (κ3) is 3.31. The van der Waals surface area contributed by atoms with Crippen LogP contribution in [-0.4, -0.2) is 22.4 Å². The van der Waals surface area contributed by atoms with Gasteiger partial charge in [-0.1, -0.05) is 54.1 Å². The molecule has 4 rings (SSSR count). The topological polar surface area (TPSA) is 34.4 Å². The van der Waals surface area contributed by atoms with Crippen molar-refractivity contribution in [1.29, 1.82) is 0 Å². The highest BCUT2D eigenvalue weighted by Gasteiger charge is 2.15. The van der Waals surface area contributed by atoms with Gasteiger partial charge < -0.3 is 14.4 Å². The van der Waals surface area contributed by atoms with Gasteiger partial charge in [0, 0.05) is 21.8 Å². The van der Waals surface area contributed by atoms with E-state index in [1.165, 1.54) is 16.3 Å². The molecule has 0 aliphatic carbocycles. The third-order valence-electron chi connectivity index (χ3n) is 5.10. The van der Waals surface area contributed by atoms with Gasteiger partial charge in [0.25, 0.3) is 0 Å². The molecule has 4 aromatic rings. The van der Waals surface area contributed by atoms with Crippen LogP contribution < -0.4 is 4.74 Å². The maximum Gasteiger partial charge on any atom is 0.125 e. The number of rotatable bonds is 5. The fraction of sp³-hybridized carbons (Fsp3) is 0.250. The Morgan fingerprint density at radius 3 is 1.93 bits per heavy atom. The van der Waals surface area contributed by atoms with Crippen molar-refractivity contribution in [2.24, 2.45) is 0 Å². The van der Waals surface area contributed by atoms with Crippen molar-refractivity contribution in [1.82, 2.24) is 4.57 Å². The molecule has 0 amide bonds. The molecule has 27 heavy (non-hydrogen) atoms. The Bertz CT molecular complexity index is 1030. The van der Waals surface area contributed by atoms with Crippen LogP contribution in [0.2, 0.25) is 0 Å². The molecule has 0 saturated heterocycles. The van der Waals surface area contributed by atoms with E-state index in [1.807, 2.05) is 12.1 Å². The number of nitrogens with zero attached hydrogens (tertiary/aromatic N) is 1. The largest absolute Gasteiger partial charge is 0.490 e. The molecule has 0 spiro atoms. The van der Waals surface area contributed by atoms with Crippen LogP contribution in [0, 0.1) is 20.8 Å². The van der Waals surface area contributed by atoms with E-state index in [1.54, 1.807) is 0 Å². The molecule has 3 aromatic carbocycles. The van der Waals surface area contributed by atoms with Crippen molar-refractivity contribution in [3.8, 4) is 5.75 Å². The molecule has 138 valence electrons. The number of aryl methyl sites for hydroxylation is 3. The van der Waals surface area contributed by atoms with Gasteiger partial charge in [-0.25, -0.2) is 0 Å². The predicted octanol–water partition coefficient (Wildman–Crippen LogP) is 5.16. The Labute approximate surface area is 159 Å². The van der Waals surface area contributed by atoms with Crippen molar-refractivity contribution in [2.45, 2.75) is 33.4 Å². The van der Waals surface area contributed by atoms with Gasteiger partial charge in [0.2, 0.25) is 0 Å². The highest BCUT2D eigenvalue weighted by Crippen LogP contribution is 2.29. The van der Waals surface area contributed by atoms with E-state index < -0.39 is 6.10 Å². The lowest BCUT2D eigenvalue weighted by Crippen LogP contribution is -2.24. The molecule has 3 heteroatoms. The summed E-state index contributed by atoms with van der Waals surface area (Å²) in [6.07, 6.45) is -0.593. The van der Waals surface area contributed by atoms with Crippen LogP contribution in [0.1, 0.15) is 16.7 Å². The fourth-order valence-electron chi connectivity index (χ4n) is 4.04. The van der Waals surface area contributed by atoms with Crippen molar-refractivity contribution in [2.75, 3.05) is 6.61 Å². The molecule has 1 aromatic heterocycles. The first-order valence-electron chi connectivity index (χ1n) is 9.39. The minimum absolute atomic E-state index is 0.269. The Morgan fingerprint density at radius 2 is 1.37 bits per heavy atom. The number of para-hydroxylation sites is 2. The zero-order chi connectivity index (χ0) is 19.0. The number of ether oxygens (including phenoxy) is 1. The molecule has 1 atom stereocenters. The summed E-state index contributed by atoms with van der Waals surface area (Å²) in [6.45, 7) is 6.95. The van der Waals surface area contributed by atoms with Gasteiger partial charge in [-0.05, 0) is 44.0 Å². The third-order valence-corrected chi connectivity index (χ3v) is 5.10. The zero-order valence-electron chi connectivity index (χ0n) is 16.1. The summed E-state index contributed by atoms with van der Waals surface area (Å²) in [5.74, 6) is 0.877. The van der Waals surface area contributed by atoms with Gasteiger partial charge >= 0.3 is 0 Å². The first kappa shape index (κ1) is 17.6. The summed E-state index contributed by atoms with van der Waals surface area (Å²) in [6, 6.07) is 20.9. The van der Waals surface area contributed by atoms with Crippen LogP contribution in [0.3, 0.4) is 0 Å². The molecule has 0 radical (unpaired) electrons. The molecule has 1 N–H and O–H groups in total. The lowest BCUT2D eigenvalue weighted by Gasteiger charge is -2.18. The summed E-state index contributed by atoms with van der Waals surface area (Å²) in [4.78, 5) is 0. The molecule has 0 fully saturated rings. The van der Waals surface area contributed by atoms with Crippen molar-refractivity contribution in [3.63, 3.8) is 0 Å². The van der Waals surface area contributed by atoms with Crippen LogP contribution in [0.5, 0.6) is 5.75 Å². The van der Waals surface area contributed by atoms with Crippen LogP contribution in [0.25, 0.3) is 21.8 Å². The van der Waals surface area contributed by atoms with Gasteiger partial charge in [0.05, 0.1) is 6.54 Å². The second-order valence-electron chi connectivity index (χ2n) is 7.34. The number of benzene rings is 3. The maximum absolute atomic E-state index is 10.7. The normalized spacial score (nSPS) is 12.6. The van der Waals surface area contributed by atoms with Gasteiger partial charge in [-0.3, -0.25) is 0 Å². The smallest absolute Gasteiger partial charge is 0.125 e. The van der Waals surface area contributed by atoms with E-state index >= 15 is 0 Å². The van der Waals surface area contributed by atoms with Crippen molar-refractivity contribution < 1.29 is 9.84 Å². The second-order valence-corrected chi connectivity index (χ2v) is 7.34. The standard InChI is InChI=1S/C24H25NO2/c1-16-12-17(2)24(18(3)13-16)27-15-19(26)14-25-22-10-6-4-8-20(22)21-9-5-7-11-23(21)25/h4-13,19,26H,14-15H2,1-3H3. The lowest BCUT2D eigenvalue weighted by atomic mass is 10.1. The van der Waals surface area contributed by atoms with Crippen LogP contribution in [0.15, 0.2) is 60.7 Å². The SMILES string of the molecule is Cc1cc(C)c(OCC(O)Cn2c3ccccc3c3ccccc32)c(C)c1. The van der Waals surface area contributed by atoms with Gasteiger partial charge in [0.15, 0.2) is 0 Å². The minimum Gasteiger partial charge on any atom is -0.490 e. The molecular formula is C24H25NO2. The molecule has 3 nitrogen and oxygen atoms in total. The van der Waals surface area contributed by atoms with Crippen molar-refractivity contribution in [3.05, 3.63) is 77.4 Å². The fourth-order valence-corrected chi connectivity index (χ4v) is 4.04. The number of hydrogen-bond acceptors (Lipinski definition) is 2. The molecule has 1 heterocycles. The van der Waals surface area contributed by atoms with Gasteiger partial charge in [0.1, 0.15) is 18.5 Å². The van der Waals surface area contributed by atoms with E-state index in [2.05, 4.69) is 73.9 Å². The summed E-state index contributed by atoms with van der Waals surface area (Å²) in [5.41, 5.74) is 5.72. The number of fused-ring (bicyclic) bond motifs is 3. The minimum atomic E-state index is -0.593. The summed E-state index contributed by atoms with van der Waals surface area (Å²) in [7, 11) is 0. The van der Waals surface area contributed by atoms with Gasteiger partial charge in [-0.15, -0.1) is 0 Å². The lowest BCUT2D eigenvalue weighted by molar-refractivity contribution is 0.0938. The van der Waals surface area contributed by atoms with Crippen LogP contribution in [-0.2, 0) is 6.54 Å². The second kappa shape index (κ2) is 7.09. The quantitative estimate of drug-likeness (QED) is 0.534. The first-order valence-corrected chi connectivity index (χ1v) is 9.39. The Hall–Kier alpha value is -2.78. The average Bonchev–Trinajstić information content (AvgIpc) is 2.95. The molecular weight excluding hydrogens is 334 g/mol. The molecule has 0 aliphatic heterocycles. The van der Waals surface area contributed by atoms with E-state index in [9.17, 15) is 5.11 Å². The van der Waals surface area contributed by atoms with Gasteiger partial charge in [-0.2, -0.15) is 0 Å². The maximum atomic E-state index is 10.7. The monoisotopic (exact) mass is 359 g/mol. The highest BCUT2D eigenvalue weighted by molar-refractivity contribution is 6.07. The van der Waals surface area contributed by atoms with E-state index in [4.69, 9.17) is 4.74 Å². The highest BCUT2D eigenvalue weighted by atomic mass is 16.5. The first-order chi connectivity index (χ1) is 13.0. The van der Waals surface area contributed by atoms with Crippen LogP contribution in [0.4, 0.5) is 0 Å². The Morgan fingerprint density at radius 1 is 0.852 bits per heavy atom. The Kier molecular flexibility index (Phi) is 4.63. The molecule has 0 bridgehead atoms. The number of aliphatic hydroxyl groups is 1. The predicted molar refractivity (Wildman–Crippen MR) is 112 cm³/mol. The van der Waals surface area contributed by atoms with E-state index in [-0.39, 0.29) is 6.61 Å². The molecule has 0 saturated carbocycles. The van der Waals surface area contributed by atoms with Crippen molar-refractivity contribution >= 4 is 21.8 Å². The number of aromatic nitrogens is 1. The van der Waals surface area contributed by atoms with E-state index in [0.29, 0.717) is 6.54 Å². The summed E-state index contributed by atoms with van der Waals surface area (Å²) >= 11 is 0. The molecule has 1 unspecified atom stereocenters. The average molecular weight is 359 g/mol. The number of hydrogen-bond donors (Lipinski definition) is 1. The number of aliphatic hydroxyl groups excluding tert-OH is 1. The Balaban J connectivity index is 1.59. The zero-order valence-corrected chi connectivity index (χ0v) is 16.1. The van der Waals surface area contributed by atoms with E-state index in [0.717, 1.165) is 27.9 Å². The van der Waals surface area contributed by atoms with Crippen LogP contribution >= 0.6 is 0 Å². The summed E-state index contributed by atoms with van der Waals surface area (Å²) < 4.78 is 8.18.